The van der Waals surface area contributed by atoms with Gasteiger partial charge in [0.15, 0.2) is 5.82 Å². The van der Waals surface area contributed by atoms with E-state index in [0.29, 0.717) is 17.2 Å². The predicted molar refractivity (Wildman–Crippen MR) is 106 cm³/mol. The van der Waals surface area contributed by atoms with Crippen molar-refractivity contribution < 1.29 is 4.79 Å². The van der Waals surface area contributed by atoms with Gasteiger partial charge in [0.25, 0.3) is 5.91 Å². The Hall–Kier alpha value is -2.99. The molecule has 4 rings (SSSR count). The van der Waals surface area contributed by atoms with Gasteiger partial charge in [-0.2, -0.15) is 9.78 Å². The van der Waals surface area contributed by atoms with E-state index in [1.807, 2.05) is 67.6 Å². The van der Waals surface area contributed by atoms with Crippen molar-refractivity contribution in [2.24, 2.45) is 0 Å². The van der Waals surface area contributed by atoms with Gasteiger partial charge < -0.3 is 5.32 Å². The van der Waals surface area contributed by atoms with Crippen molar-refractivity contribution in [1.82, 2.24) is 14.8 Å². The molecule has 128 valence electrons. The average Bonchev–Trinajstić information content (AvgIpc) is 3.01. The maximum atomic E-state index is 12.6. The van der Waals surface area contributed by atoms with Crippen LogP contribution in [0.15, 0.2) is 71.2 Å². The Balaban J connectivity index is 1.72. The van der Waals surface area contributed by atoms with E-state index in [4.69, 9.17) is 0 Å². The molecule has 2 heterocycles. The number of rotatable bonds is 3. The van der Waals surface area contributed by atoms with Crippen LogP contribution in [0.2, 0.25) is 0 Å². The standard InChI is InChI=1S/C20H15BrN4O/c1-13-12-19(23-20(26)15-7-3-4-8-16(15)21)25(24-13)18-11-10-14-6-2-5-9-17(14)22-18/h2-12H,1H3,(H,23,26). The Labute approximate surface area is 158 Å². The van der Waals surface area contributed by atoms with Gasteiger partial charge in [-0.25, -0.2) is 4.98 Å². The number of hydrogen-bond acceptors (Lipinski definition) is 3. The Morgan fingerprint density at radius 3 is 2.65 bits per heavy atom. The quantitative estimate of drug-likeness (QED) is 0.534. The second-order valence-corrected chi connectivity index (χ2v) is 6.73. The number of nitrogens with one attached hydrogen (secondary N) is 1. The number of anilines is 1. The molecule has 0 unspecified atom stereocenters. The first-order chi connectivity index (χ1) is 12.6. The molecule has 26 heavy (non-hydrogen) atoms. The van der Waals surface area contributed by atoms with Crippen LogP contribution in [0.25, 0.3) is 16.7 Å². The van der Waals surface area contributed by atoms with Gasteiger partial charge in [0.1, 0.15) is 5.82 Å². The van der Waals surface area contributed by atoms with E-state index in [1.165, 1.54) is 0 Å². The summed E-state index contributed by atoms with van der Waals surface area (Å²) >= 11 is 3.41. The second kappa shape index (κ2) is 6.72. The minimum Gasteiger partial charge on any atom is -0.306 e. The number of carbonyl (C=O) groups is 1. The number of carbonyl (C=O) groups excluding carboxylic acids is 1. The zero-order valence-electron chi connectivity index (χ0n) is 14.0. The topological polar surface area (TPSA) is 59.8 Å². The number of benzene rings is 2. The van der Waals surface area contributed by atoms with E-state index in [0.717, 1.165) is 21.1 Å². The number of nitrogens with zero attached hydrogens (tertiary/aromatic N) is 3. The van der Waals surface area contributed by atoms with Gasteiger partial charge in [-0.1, -0.05) is 30.3 Å². The summed E-state index contributed by atoms with van der Waals surface area (Å²) < 4.78 is 2.39. The first kappa shape index (κ1) is 16.5. The largest absolute Gasteiger partial charge is 0.306 e. The molecule has 0 aliphatic carbocycles. The predicted octanol–water partition coefficient (Wildman–Crippen LogP) is 4.74. The SMILES string of the molecule is Cc1cc(NC(=O)c2ccccc2Br)n(-c2ccc3ccccc3n2)n1. The van der Waals surface area contributed by atoms with E-state index >= 15 is 0 Å². The third-order valence-corrected chi connectivity index (χ3v) is 4.68. The highest BCUT2D eigenvalue weighted by Gasteiger charge is 2.15. The van der Waals surface area contributed by atoms with Gasteiger partial charge in [0.2, 0.25) is 0 Å². The average molecular weight is 407 g/mol. The lowest BCUT2D eigenvalue weighted by Gasteiger charge is -2.10. The Morgan fingerprint density at radius 1 is 1.04 bits per heavy atom. The molecule has 0 aliphatic heterocycles. The molecule has 0 bridgehead atoms. The van der Waals surface area contributed by atoms with Crippen LogP contribution in [0.1, 0.15) is 16.1 Å². The molecule has 5 nitrogen and oxygen atoms in total. The zero-order chi connectivity index (χ0) is 18.1. The number of para-hydroxylation sites is 1. The van der Waals surface area contributed by atoms with Gasteiger partial charge in [0.05, 0.1) is 16.8 Å². The summed E-state index contributed by atoms with van der Waals surface area (Å²) in [7, 11) is 0. The van der Waals surface area contributed by atoms with Crippen LogP contribution in [0, 0.1) is 6.92 Å². The van der Waals surface area contributed by atoms with Crippen molar-refractivity contribution in [1.29, 1.82) is 0 Å². The highest BCUT2D eigenvalue weighted by atomic mass is 79.9. The van der Waals surface area contributed by atoms with Gasteiger partial charge >= 0.3 is 0 Å². The summed E-state index contributed by atoms with van der Waals surface area (Å²) in [6.45, 7) is 1.88. The van der Waals surface area contributed by atoms with Crippen LogP contribution in [0.4, 0.5) is 5.82 Å². The maximum Gasteiger partial charge on any atom is 0.257 e. The monoisotopic (exact) mass is 406 g/mol. The molecule has 4 aromatic rings. The second-order valence-electron chi connectivity index (χ2n) is 5.88. The van der Waals surface area contributed by atoms with Crippen molar-refractivity contribution in [3.8, 4) is 5.82 Å². The molecule has 0 saturated heterocycles. The molecule has 0 atom stereocenters. The number of pyridine rings is 1. The maximum absolute atomic E-state index is 12.6. The number of fused-ring (bicyclic) bond motifs is 1. The van der Waals surface area contributed by atoms with Crippen LogP contribution in [-0.4, -0.2) is 20.7 Å². The van der Waals surface area contributed by atoms with Crippen LogP contribution < -0.4 is 5.32 Å². The third-order valence-electron chi connectivity index (χ3n) is 3.99. The third kappa shape index (κ3) is 3.11. The summed E-state index contributed by atoms with van der Waals surface area (Å²) in [6.07, 6.45) is 0. The highest BCUT2D eigenvalue weighted by Crippen LogP contribution is 2.21. The fourth-order valence-corrected chi connectivity index (χ4v) is 3.23. The van der Waals surface area contributed by atoms with Gasteiger partial charge in [0, 0.05) is 15.9 Å². The zero-order valence-corrected chi connectivity index (χ0v) is 15.6. The first-order valence-electron chi connectivity index (χ1n) is 8.10. The van der Waals surface area contributed by atoms with Crippen LogP contribution in [-0.2, 0) is 0 Å². The number of aromatic nitrogens is 3. The van der Waals surface area contributed by atoms with Gasteiger partial charge in [-0.05, 0) is 53.2 Å². The van der Waals surface area contributed by atoms with Crippen LogP contribution in [0.5, 0.6) is 0 Å². The molecule has 1 N–H and O–H groups in total. The molecular formula is C20H15BrN4O. The molecular weight excluding hydrogens is 392 g/mol. The number of halogens is 1. The van der Waals surface area contributed by atoms with Crippen molar-refractivity contribution in [3.05, 3.63) is 82.5 Å². The molecule has 0 fully saturated rings. The lowest BCUT2D eigenvalue weighted by Crippen LogP contribution is -2.16. The minimum atomic E-state index is -0.209. The van der Waals surface area contributed by atoms with E-state index in [9.17, 15) is 4.79 Å². The highest BCUT2D eigenvalue weighted by molar-refractivity contribution is 9.10. The Morgan fingerprint density at radius 2 is 1.81 bits per heavy atom. The van der Waals surface area contributed by atoms with Crippen LogP contribution >= 0.6 is 15.9 Å². The summed E-state index contributed by atoms with van der Waals surface area (Å²) in [6, 6.07) is 20.9. The van der Waals surface area contributed by atoms with Crippen molar-refractivity contribution in [2.75, 3.05) is 5.32 Å². The van der Waals surface area contributed by atoms with E-state index in [-0.39, 0.29) is 5.91 Å². The van der Waals surface area contributed by atoms with Crippen molar-refractivity contribution >= 4 is 38.6 Å². The summed E-state index contributed by atoms with van der Waals surface area (Å²) in [5, 5.41) is 8.47. The summed E-state index contributed by atoms with van der Waals surface area (Å²) in [4.78, 5) is 17.3. The first-order valence-corrected chi connectivity index (χ1v) is 8.90. The minimum absolute atomic E-state index is 0.209. The van der Waals surface area contributed by atoms with Crippen molar-refractivity contribution in [2.45, 2.75) is 6.92 Å². The fraction of sp³-hybridized carbons (Fsp3) is 0.0500. The van der Waals surface area contributed by atoms with E-state index < -0.39 is 0 Å². The molecule has 1 amide bonds. The Kier molecular flexibility index (Phi) is 4.26. The molecule has 2 aromatic carbocycles. The molecule has 0 spiro atoms. The molecule has 2 aromatic heterocycles. The van der Waals surface area contributed by atoms with Crippen molar-refractivity contribution in [3.63, 3.8) is 0 Å². The number of aryl methyl sites for hydroxylation is 1. The Bertz CT molecular complexity index is 1120. The van der Waals surface area contributed by atoms with E-state index in [1.54, 1.807) is 10.7 Å². The smallest absolute Gasteiger partial charge is 0.257 e. The lowest BCUT2D eigenvalue weighted by molar-refractivity contribution is 0.102. The molecule has 0 aliphatic rings. The van der Waals surface area contributed by atoms with Gasteiger partial charge in [-0.3, -0.25) is 4.79 Å². The molecule has 0 radical (unpaired) electrons. The van der Waals surface area contributed by atoms with Gasteiger partial charge in [-0.15, -0.1) is 0 Å². The molecule has 0 saturated carbocycles. The fourth-order valence-electron chi connectivity index (χ4n) is 2.77. The lowest BCUT2D eigenvalue weighted by atomic mass is 10.2. The normalized spacial score (nSPS) is 10.8. The van der Waals surface area contributed by atoms with Crippen LogP contribution in [0.3, 0.4) is 0 Å². The summed E-state index contributed by atoms with van der Waals surface area (Å²) in [5.41, 5.74) is 2.23. The number of amides is 1. The van der Waals surface area contributed by atoms with E-state index in [2.05, 4.69) is 31.3 Å². The molecule has 6 heteroatoms. The number of hydrogen-bond donors (Lipinski definition) is 1. The summed E-state index contributed by atoms with van der Waals surface area (Å²) in [5.74, 6) is 1.02.